The number of anilines is 2. The molecular formula is C37H30Cl2FN9O4. The molecule has 1 aliphatic carbocycles. The fraction of sp³-hybridized carbons (Fsp3) is 0.243. The molecule has 1 aliphatic heterocycles. The van der Waals surface area contributed by atoms with Gasteiger partial charge in [-0.05, 0) is 62.6 Å². The minimum atomic E-state index is -1.44. The van der Waals surface area contributed by atoms with E-state index >= 15 is 0 Å². The van der Waals surface area contributed by atoms with Crippen LogP contribution in [0, 0.1) is 17.1 Å². The van der Waals surface area contributed by atoms with E-state index in [4.69, 9.17) is 23.2 Å². The molecule has 0 unspecified atom stereocenters. The van der Waals surface area contributed by atoms with Gasteiger partial charge < -0.3 is 15.7 Å². The Labute approximate surface area is 312 Å². The van der Waals surface area contributed by atoms with Crippen molar-refractivity contribution in [3.05, 3.63) is 118 Å². The number of nitrogens with one attached hydrogen (secondary N) is 2. The third kappa shape index (κ3) is 6.48. The molecule has 7 rings (SSSR count). The van der Waals surface area contributed by atoms with Crippen LogP contribution in [0.4, 0.5) is 16.0 Å². The van der Waals surface area contributed by atoms with Crippen LogP contribution < -0.4 is 15.5 Å². The summed E-state index contributed by atoms with van der Waals surface area (Å²) in [6.07, 6.45) is 7.49. The number of carbonyl (C=O) groups excluding carboxylic acids is 3. The summed E-state index contributed by atoms with van der Waals surface area (Å²) in [6.45, 7) is 3.01. The highest BCUT2D eigenvalue weighted by Crippen LogP contribution is 2.45. The Bertz CT molecular complexity index is 2280. The minimum absolute atomic E-state index is 0.00693. The molecular weight excluding hydrogens is 724 g/mol. The van der Waals surface area contributed by atoms with Crippen LogP contribution in [0.15, 0.2) is 73.3 Å². The van der Waals surface area contributed by atoms with Gasteiger partial charge in [-0.25, -0.2) is 24.2 Å². The van der Waals surface area contributed by atoms with Gasteiger partial charge in [0.25, 0.3) is 11.8 Å². The average molecular weight is 755 g/mol. The smallest absolute Gasteiger partial charge is 0.270 e. The number of benzene rings is 2. The van der Waals surface area contributed by atoms with Crippen molar-refractivity contribution < 1.29 is 23.9 Å². The van der Waals surface area contributed by atoms with Gasteiger partial charge in [0.15, 0.2) is 11.6 Å². The summed E-state index contributed by atoms with van der Waals surface area (Å²) in [4.78, 5) is 60.6. The Morgan fingerprint density at radius 3 is 2.25 bits per heavy atom. The second kappa shape index (κ2) is 13.7. The van der Waals surface area contributed by atoms with Crippen LogP contribution in [0.3, 0.4) is 0 Å². The van der Waals surface area contributed by atoms with Crippen LogP contribution in [0.25, 0.3) is 11.1 Å². The molecule has 0 saturated heterocycles. The molecule has 2 atom stereocenters. The molecule has 53 heavy (non-hydrogen) atoms. The normalized spacial score (nSPS) is 17.5. The molecule has 2 aliphatic rings. The van der Waals surface area contributed by atoms with Gasteiger partial charge in [0.05, 0.1) is 45.9 Å². The molecule has 3 N–H and O–H groups in total. The number of rotatable bonds is 10. The molecule has 5 aromatic rings. The number of aliphatic hydroxyl groups excluding tert-OH is 1. The molecule has 268 valence electrons. The molecule has 3 aromatic heterocycles. The van der Waals surface area contributed by atoms with Crippen LogP contribution >= 0.6 is 23.2 Å². The number of aliphatic hydroxyl groups is 1. The predicted octanol–water partition coefficient (Wildman–Crippen LogP) is 5.10. The lowest BCUT2D eigenvalue weighted by atomic mass is 9.91. The van der Waals surface area contributed by atoms with Crippen LogP contribution in [-0.4, -0.2) is 53.4 Å². The number of hydrogen-bond acceptors (Lipinski definition) is 9. The highest BCUT2D eigenvalue weighted by Gasteiger charge is 2.52. The lowest BCUT2D eigenvalue weighted by molar-refractivity contribution is -0.124. The second-order valence-electron chi connectivity index (χ2n) is 13.2. The number of hydrogen-bond donors (Lipinski definition) is 3. The van der Waals surface area contributed by atoms with Gasteiger partial charge in [0.2, 0.25) is 11.9 Å². The standard InChI is InChI=1S/C37H30Cl2FN9O4/c1-20(31(51)47-37(9-10-37)33-43-16-24(17-44-33)23-7-8-25(19-50)42-15-23)46-32(52)29-18-45-35-48(26-11-27(38)30(40)28(39)12-26)34(53)36(2,49(29)35)13-21-3-5-22(14-41)6-4-21/h3-8,11-12,15-18,20,50H,9-10,13,19H2,1-2H3,(H,46,52)(H,47,51)/t20-,36+/m0/s1. The Morgan fingerprint density at radius 1 is 1.00 bits per heavy atom. The average Bonchev–Trinajstić information content (AvgIpc) is 3.75. The number of imidazole rings is 1. The van der Waals surface area contributed by atoms with Crippen molar-refractivity contribution in [2.45, 2.75) is 56.8 Å². The first-order valence-electron chi connectivity index (χ1n) is 16.5. The van der Waals surface area contributed by atoms with Gasteiger partial charge in [-0.15, -0.1) is 0 Å². The van der Waals surface area contributed by atoms with Crippen LogP contribution in [0.5, 0.6) is 0 Å². The highest BCUT2D eigenvalue weighted by molar-refractivity contribution is 6.35. The van der Waals surface area contributed by atoms with E-state index in [1.807, 2.05) is 6.07 Å². The third-order valence-corrected chi connectivity index (χ3v) is 9.99. The molecule has 1 saturated carbocycles. The van der Waals surface area contributed by atoms with E-state index in [1.54, 1.807) is 55.8 Å². The number of amides is 3. The van der Waals surface area contributed by atoms with Gasteiger partial charge in [-0.3, -0.25) is 23.9 Å². The summed E-state index contributed by atoms with van der Waals surface area (Å²) in [7, 11) is 0. The Kier molecular flexibility index (Phi) is 9.19. The zero-order chi connectivity index (χ0) is 37.7. The zero-order valence-electron chi connectivity index (χ0n) is 28.3. The quantitative estimate of drug-likeness (QED) is 0.164. The molecule has 4 heterocycles. The highest BCUT2D eigenvalue weighted by atomic mass is 35.5. The Morgan fingerprint density at radius 2 is 1.66 bits per heavy atom. The number of aromatic nitrogens is 5. The van der Waals surface area contributed by atoms with Gasteiger partial charge in [-0.2, -0.15) is 5.26 Å². The SMILES string of the molecule is C[C@H](NC(=O)c1cnc2n1[C@](C)(Cc1ccc(C#N)cc1)C(=O)N2c1cc(Cl)c(F)c(Cl)c1)C(=O)NC1(c2ncc(-c3ccc(CO)nc3)cn2)CC1. The topological polar surface area (TPSA) is 179 Å². The molecule has 16 heteroatoms. The van der Waals surface area contributed by atoms with Crippen molar-refractivity contribution in [3.8, 4) is 17.2 Å². The maximum Gasteiger partial charge on any atom is 0.270 e. The zero-order valence-corrected chi connectivity index (χ0v) is 29.8. The first-order valence-corrected chi connectivity index (χ1v) is 17.2. The van der Waals surface area contributed by atoms with E-state index in [0.29, 0.717) is 35.5 Å². The van der Waals surface area contributed by atoms with Crippen LogP contribution in [0.2, 0.25) is 10.0 Å². The van der Waals surface area contributed by atoms with Crippen LogP contribution in [0.1, 0.15) is 59.8 Å². The van der Waals surface area contributed by atoms with Crippen molar-refractivity contribution in [3.63, 3.8) is 0 Å². The molecule has 1 fully saturated rings. The summed E-state index contributed by atoms with van der Waals surface area (Å²) in [5.74, 6) is -2.00. The number of nitrogens with zero attached hydrogens (tertiary/aromatic N) is 7. The summed E-state index contributed by atoms with van der Waals surface area (Å²) in [5, 5.41) is 23.6. The monoisotopic (exact) mass is 753 g/mol. The Balaban J connectivity index is 1.13. The van der Waals surface area contributed by atoms with E-state index < -0.39 is 40.7 Å². The minimum Gasteiger partial charge on any atom is -0.390 e. The van der Waals surface area contributed by atoms with Crippen LogP contribution in [-0.2, 0) is 33.7 Å². The fourth-order valence-corrected chi connectivity index (χ4v) is 6.83. The van der Waals surface area contributed by atoms with E-state index in [-0.39, 0.29) is 40.4 Å². The first-order chi connectivity index (χ1) is 25.4. The van der Waals surface area contributed by atoms with Crippen molar-refractivity contribution in [1.82, 2.24) is 35.1 Å². The molecule has 0 radical (unpaired) electrons. The maximum atomic E-state index is 14.4. The molecule has 0 bridgehead atoms. The van der Waals surface area contributed by atoms with Gasteiger partial charge in [-0.1, -0.05) is 41.4 Å². The molecule has 2 aromatic carbocycles. The molecule has 3 amide bonds. The number of pyridine rings is 1. The van der Waals surface area contributed by atoms with E-state index in [2.05, 4.69) is 36.6 Å². The molecule has 0 spiro atoms. The summed E-state index contributed by atoms with van der Waals surface area (Å²) < 4.78 is 15.9. The van der Waals surface area contributed by atoms with E-state index in [9.17, 15) is 29.1 Å². The number of halogens is 3. The van der Waals surface area contributed by atoms with Crippen molar-refractivity contribution in [2.24, 2.45) is 0 Å². The Hall–Kier alpha value is -5.75. The van der Waals surface area contributed by atoms with E-state index in [0.717, 1.165) is 11.1 Å². The van der Waals surface area contributed by atoms with E-state index in [1.165, 1.54) is 34.7 Å². The van der Waals surface area contributed by atoms with Crippen molar-refractivity contribution in [1.29, 1.82) is 5.26 Å². The molecule has 13 nitrogen and oxygen atoms in total. The first kappa shape index (κ1) is 35.6. The summed E-state index contributed by atoms with van der Waals surface area (Å²) in [5.41, 5.74) is 1.05. The summed E-state index contributed by atoms with van der Waals surface area (Å²) >= 11 is 12.2. The predicted molar refractivity (Wildman–Crippen MR) is 191 cm³/mol. The van der Waals surface area contributed by atoms with Gasteiger partial charge >= 0.3 is 0 Å². The third-order valence-electron chi connectivity index (χ3n) is 9.44. The fourth-order valence-electron chi connectivity index (χ4n) is 6.35. The number of carbonyl (C=O) groups is 3. The maximum absolute atomic E-state index is 14.4. The van der Waals surface area contributed by atoms with Crippen molar-refractivity contribution >= 4 is 52.6 Å². The number of fused-ring (bicyclic) bond motifs is 1. The lowest BCUT2D eigenvalue weighted by Crippen LogP contribution is -2.49. The second-order valence-corrected chi connectivity index (χ2v) is 14.0. The van der Waals surface area contributed by atoms with Gasteiger partial charge in [0, 0.05) is 36.1 Å². The van der Waals surface area contributed by atoms with Gasteiger partial charge in [0.1, 0.15) is 22.8 Å². The van der Waals surface area contributed by atoms with Crippen molar-refractivity contribution in [2.75, 3.05) is 4.90 Å². The lowest BCUT2D eigenvalue weighted by Gasteiger charge is -2.27. The number of nitriles is 1. The largest absolute Gasteiger partial charge is 0.390 e. The summed E-state index contributed by atoms with van der Waals surface area (Å²) in [6, 6.07) is 13.7.